The van der Waals surface area contributed by atoms with Gasteiger partial charge in [-0.25, -0.2) is 8.42 Å². The lowest BCUT2D eigenvalue weighted by Crippen LogP contribution is -2.50. The fourth-order valence-corrected chi connectivity index (χ4v) is 6.25. The Kier molecular flexibility index (Phi) is 4.21. The van der Waals surface area contributed by atoms with Gasteiger partial charge in [-0.1, -0.05) is 18.9 Å². The van der Waals surface area contributed by atoms with Crippen molar-refractivity contribution in [2.45, 2.75) is 43.3 Å². The van der Waals surface area contributed by atoms with Crippen LogP contribution in [0.5, 0.6) is 0 Å². The smallest absolute Gasteiger partial charge is 0.221 e. The average Bonchev–Trinajstić information content (AvgIpc) is 2.60. The van der Waals surface area contributed by atoms with Crippen LogP contribution < -0.4 is 5.32 Å². The van der Waals surface area contributed by atoms with Gasteiger partial charge in [-0.15, -0.1) is 0 Å². The quantitative estimate of drug-likeness (QED) is 0.895. The number of rotatable bonds is 2. The maximum Gasteiger partial charge on any atom is 0.221 e. The number of amides is 1. The van der Waals surface area contributed by atoms with Crippen molar-refractivity contribution in [3.63, 3.8) is 0 Å². The number of sulfone groups is 1. The first-order valence-corrected chi connectivity index (χ1v) is 9.58. The van der Waals surface area contributed by atoms with E-state index in [4.69, 9.17) is 0 Å². The summed E-state index contributed by atoms with van der Waals surface area (Å²) >= 11 is 0. The first-order valence-electron chi connectivity index (χ1n) is 7.92. The molecular formula is C16H22N2O3S. The van der Waals surface area contributed by atoms with E-state index in [1.54, 1.807) is 6.20 Å². The standard InChI is InChI=1S/C16H22N2O3S/c19-15-12-16(22(20,21)10-9-18-15)7-3-1-5-13(16)11-14-6-2-4-8-17-14/h2,4,6,8,13H,1,3,5,7,9-12H2,(H,18,19). The number of nitrogens with one attached hydrogen (secondary N) is 1. The van der Waals surface area contributed by atoms with Crippen molar-refractivity contribution >= 4 is 15.7 Å². The predicted octanol–water partition coefficient (Wildman–Crippen LogP) is 1.49. The first-order chi connectivity index (χ1) is 10.5. The molecule has 6 heteroatoms. The van der Waals surface area contributed by atoms with Crippen LogP contribution in [0.3, 0.4) is 0 Å². The Labute approximate surface area is 131 Å². The molecule has 2 atom stereocenters. The molecule has 2 fully saturated rings. The number of nitrogens with zero attached hydrogens (tertiary/aromatic N) is 1. The van der Waals surface area contributed by atoms with E-state index in [0.29, 0.717) is 12.8 Å². The molecule has 1 aliphatic heterocycles. The Morgan fingerprint density at radius 1 is 1.32 bits per heavy atom. The fourth-order valence-electron chi connectivity index (χ4n) is 3.96. The Balaban J connectivity index is 1.97. The molecule has 2 aliphatic rings. The fraction of sp³-hybridized carbons (Fsp3) is 0.625. The third kappa shape index (κ3) is 2.76. The molecule has 5 nitrogen and oxygen atoms in total. The highest BCUT2D eigenvalue weighted by atomic mass is 32.2. The van der Waals surface area contributed by atoms with Gasteiger partial charge in [0, 0.05) is 24.9 Å². The first kappa shape index (κ1) is 15.5. The van der Waals surface area contributed by atoms with Gasteiger partial charge in [0.05, 0.1) is 10.5 Å². The summed E-state index contributed by atoms with van der Waals surface area (Å²) in [6.07, 6.45) is 5.82. The summed E-state index contributed by atoms with van der Waals surface area (Å²) in [6.45, 7) is 0.235. The van der Waals surface area contributed by atoms with E-state index < -0.39 is 14.6 Å². The zero-order chi connectivity index (χ0) is 15.6. The minimum Gasteiger partial charge on any atom is -0.355 e. The van der Waals surface area contributed by atoms with Gasteiger partial charge in [-0.2, -0.15) is 0 Å². The molecule has 0 bridgehead atoms. The molecule has 1 spiro atoms. The minimum absolute atomic E-state index is 0.0231. The molecule has 0 aromatic carbocycles. The molecule has 1 aromatic heterocycles. The molecule has 22 heavy (non-hydrogen) atoms. The van der Waals surface area contributed by atoms with Gasteiger partial charge in [0.2, 0.25) is 5.91 Å². The molecule has 3 rings (SSSR count). The van der Waals surface area contributed by atoms with Crippen LogP contribution >= 0.6 is 0 Å². The van der Waals surface area contributed by atoms with Gasteiger partial charge in [0.15, 0.2) is 9.84 Å². The number of aromatic nitrogens is 1. The number of hydrogen-bond donors (Lipinski definition) is 1. The van der Waals surface area contributed by atoms with Crippen LogP contribution in [0.2, 0.25) is 0 Å². The normalized spacial score (nSPS) is 31.5. The second-order valence-electron chi connectivity index (χ2n) is 6.38. The largest absolute Gasteiger partial charge is 0.355 e. The summed E-state index contributed by atoms with van der Waals surface area (Å²) in [5.74, 6) is -0.101. The zero-order valence-corrected chi connectivity index (χ0v) is 13.4. The maximum absolute atomic E-state index is 12.9. The molecule has 2 heterocycles. The van der Waals surface area contributed by atoms with Crippen LogP contribution in [-0.4, -0.2) is 36.4 Å². The zero-order valence-electron chi connectivity index (χ0n) is 12.6. The van der Waals surface area contributed by atoms with Crippen LogP contribution in [0, 0.1) is 5.92 Å². The second-order valence-corrected chi connectivity index (χ2v) is 8.83. The molecule has 1 aromatic rings. The Morgan fingerprint density at radius 3 is 2.95 bits per heavy atom. The summed E-state index contributed by atoms with van der Waals surface area (Å²) in [6, 6.07) is 5.72. The van der Waals surface area contributed by atoms with Gasteiger partial charge in [0.25, 0.3) is 0 Å². The Morgan fingerprint density at radius 2 is 2.18 bits per heavy atom. The van der Waals surface area contributed by atoms with E-state index in [1.807, 2.05) is 18.2 Å². The van der Waals surface area contributed by atoms with Crippen LogP contribution in [-0.2, 0) is 21.1 Å². The van der Waals surface area contributed by atoms with Gasteiger partial charge >= 0.3 is 0 Å². The predicted molar refractivity (Wildman–Crippen MR) is 84.0 cm³/mol. The van der Waals surface area contributed by atoms with E-state index in [-0.39, 0.29) is 30.5 Å². The molecule has 1 aliphatic carbocycles. The minimum atomic E-state index is -3.30. The summed E-state index contributed by atoms with van der Waals surface area (Å²) in [7, 11) is -3.30. The molecule has 1 N–H and O–H groups in total. The van der Waals surface area contributed by atoms with Crippen LogP contribution in [0.25, 0.3) is 0 Å². The second kappa shape index (κ2) is 5.99. The summed E-state index contributed by atoms with van der Waals surface area (Å²) in [4.78, 5) is 16.4. The van der Waals surface area contributed by atoms with E-state index in [1.165, 1.54) is 0 Å². The molecule has 1 amide bonds. The van der Waals surface area contributed by atoms with Crippen molar-refractivity contribution in [1.82, 2.24) is 10.3 Å². The molecule has 120 valence electrons. The number of carbonyl (C=O) groups is 1. The van der Waals surface area contributed by atoms with Crippen LogP contribution in [0.1, 0.15) is 37.8 Å². The Bertz CT molecular complexity index is 645. The topological polar surface area (TPSA) is 76.1 Å². The van der Waals surface area contributed by atoms with Crippen molar-refractivity contribution in [1.29, 1.82) is 0 Å². The summed E-state index contributed by atoms with van der Waals surface area (Å²) in [5, 5.41) is 2.72. The number of carbonyl (C=O) groups excluding carboxylic acids is 1. The highest BCUT2D eigenvalue weighted by molar-refractivity contribution is 7.92. The van der Waals surface area contributed by atoms with Gasteiger partial charge in [-0.3, -0.25) is 9.78 Å². The van der Waals surface area contributed by atoms with Crippen molar-refractivity contribution in [3.05, 3.63) is 30.1 Å². The lowest BCUT2D eigenvalue weighted by atomic mass is 9.74. The van der Waals surface area contributed by atoms with Crippen molar-refractivity contribution in [2.24, 2.45) is 5.92 Å². The van der Waals surface area contributed by atoms with E-state index >= 15 is 0 Å². The average molecular weight is 322 g/mol. The van der Waals surface area contributed by atoms with E-state index in [2.05, 4.69) is 10.3 Å². The van der Waals surface area contributed by atoms with Gasteiger partial charge in [0.1, 0.15) is 0 Å². The summed E-state index contributed by atoms with van der Waals surface area (Å²) < 4.78 is 24.9. The third-order valence-electron chi connectivity index (χ3n) is 5.10. The van der Waals surface area contributed by atoms with Gasteiger partial charge in [-0.05, 0) is 37.3 Å². The highest BCUT2D eigenvalue weighted by Crippen LogP contribution is 2.45. The molecular weight excluding hydrogens is 300 g/mol. The van der Waals surface area contributed by atoms with Crippen molar-refractivity contribution in [3.8, 4) is 0 Å². The monoisotopic (exact) mass is 322 g/mol. The van der Waals surface area contributed by atoms with Crippen molar-refractivity contribution < 1.29 is 13.2 Å². The maximum atomic E-state index is 12.9. The summed E-state index contributed by atoms with van der Waals surface area (Å²) in [5.41, 5.74) is 0.911. The van der Waals surface area contributed by atoms with Crippen LogP contribution in [0.15, 0.2) is 24.4 Å². The molecule has 1 saturated carbocycles. The molecule has 2 unspecified atom stereocenters. The highest BCUT2D eigenvalue weighted by Gasteiger charge is 2.52. The van der Waals surface area contributed by atoms with E-state index in [9.17, 15) is 13.2 Å². The van der Waals surface area contributed by atoms with Gasteiger partial charge < -0.3 is 5.32 Å². The van der Waals surface area contributed by atoms with Crippen LogP contribution in [0.4, 0.5) is 0 Å². The number of hydrogen-bond acceptors (Lipinski definition) is 4. The lowest BCUT2D eigenvalue weighted by molar-refractivity contribution is -0.122. The SMILES string of the molecule is O=C1CC2(CCCCC2Cc2ccccn2)S(=O)(=O)CCN1. The molecule has 1 saturated heterocycles. The number of pyridine rings is 1. The van der Waals surface area contributed by atoms with E-state index in [0.717, 1.165) is 25.0 Å². The Hall–Kier alpha value is -1.43. The molecule has 0 radical (unpaired) electrons. The third-order valence-corrected chi connectivity index (χ3v) is 7.76. The lowest BCUT2D eigenvalue weighted by Gasteiger charge is -2.42. The van der Waals surface area contributed by atoms with Crippen molar-refractivity contribution in [2.75, 3.05) is 12.3 Å².